The Morgan fingerprint density at radius 3 is 3.12 bits per heavy atom. The van der Waals surface area contributed by atoms with E-state index in [1.807, 2.05) is 19.1 Å². The fourth-order valence-corrected chi connectivity index (χ4v) is 2.08. The third-order valence-electron chi connectivity index (χ3n) is 2.72. The van der Waals surface area contributed by atoms with Crippen LogP contribution in [0.15, 0.2) is 24.3 Å². The van der Waals surface area contributed by atoms with Crippen molar-refractivity contribution in [1.29, 1.82) is 0 Å². The van der Waals surface area contributed by atoms with E-state index >= 15 is 0 Å². The van der Waals surface area contributed by atoms with Crippen LogP contribution < -0.4 is 10.6 Å². The van der Waals surface area contributed by atoms with Crippen LogP contribution in [-0.4, -0.2) is 16.8 Å². The Labute approximate surface area is 97.1 Å². The monoisotopic (exact) mass is 216 g/mol. The summed E-state index contributed by atoms with van der Waals surface area (Å²) in [5, 5.41) is 4.36. The normalized spacial score (nSPS) is 18.5. The third kappa shape index (κ3) is 1.13. The first-order chi connectivity index (χ1) is 8.43. The lowest BCUT2D eigenvalue weighted by Gasteiger charge is -2.29. The zero-order valence-corrected chi connectivity index (χ0v) is 9.23. The van der Waals surface area contributed by atoms with Gasteiger partial charge in [0, 0.05) is 7.05 Å². The summed E-state index contributed by atoms with van der Waals surface area (Å²) in [6.07, 6.45) is 0. The van der Waals surface area contributed by atoms with Gasteiger partial charge < -0.3 is 10.6 Å². The van der Waals surface area contributed by atoms with Crippen molar-refractivity contribution in [3.8, 4) is 5.69 Å². The lowest BCUT2D eigenvalue weighted by atomic mass is 10.1. The SMILES string of the molecule is [2H]C1([2H])c2cc(C)nn2-c2cccc(N)c2N1C. The summed E-state index contributed by atoms with van der Waals surface area (Å²) in [6, 6.07) is 7.28. The fourth-order valence-electron chi connectivity index (χ4n) is 2.08. The molecule has 2 N–H and O–H groups in total. The molecule has 4 nitrogen and oxygen atoms in total. The van der Waals surface area contributed by atoms with E-state index in [-0.39, 0.29) is 0 Å². The first-order valence-corrected chi connectivity index (χ1v) is 5.13. The van der Waals surface area contributed by atoms with E-state index in [2.05, 4.69) is 5.10 Å². The number of benzene rings is 1. The number of aryl methyl sites for hydroxylation is 1. The van der Waals surface area contributed by atoms with Gasteiger partial charge in [0.2, 0.25) is 0 Å². The minimum absolute atomic E-state index is 0.528. The highest BCUT2D eigenvalue weighted by Gasteiger charge is 2.22. The van der Waals surface area contributed by atoms with E-state index in [1.54, 1.807) is 28.8 Å². The van der Waals surface area contributed by atoms with E-state index < -0.39 is 6.50 Å². The van der Waals surface area contributed by atoms with Gasteiger partial charge in [-0.15, -0.1) is 0 Å². The molecule has 4 heteroatoms. The number of hydrogen-bond donors (Lipinski definition) is 1. The van der Waals surface area contributed by atoms with Crippen molar-refractivity contribution in [2.75, 3.05) is 17.7 Å². The molecular weight excluding hydrogens is 200 g/mol. The van der Waals surface area contributed by atoms with Gasteiger partial charge in [0.1, 0.15) is 0 Å². The number of nitrogens with zero attached hydrogens (tertiary/aromatic N) is 3. The van der Waals surface area contributed by atoms with E-state index in [4.69, 9.17) is 8.48 Å². The summed E-state index contributed by atoms with van der Waals surface area (Å²) in [5.41, 5.74) is 9.33. The van der Waals surface area contributed by atoms with Crippen LogP contribution in [0.5, 0.6) is 0 Å². The van der Waals surface area contributed by atoms with Crippen molar-refractivity contribution in [2.45, 2.75) is 13.4 Å². The fraction of sp³-hybridized carbons (Fsp3) is 0.250. The molecule has 1 aliphatic heterocycles. The zero-order valence-electron chi connectivity index (χ0n) is 11.2. The van der Waals surface area contributed by atoms with E-state index in [0.717, 1.165) is 11.4 Å². The van der Waals surface area contributed by atoms with Crippen molar-refractivity contribution in [2.24, 2.45) is 0 Å². The van der Waals surface area contributed by atoms with Crippen molar-refractivity contribution in [3.63, 3.8) is 0 Å². The van der Waals surface area contributed by atoms with Crippen LogP contribution in [0.3, 0.4) is 0 Å². The molecular formula is C12H14N4. The van der Waals surface area contributed by atoms with E-state index in [0.29, 0.717) is 17.1 Å². The van der Waals surface area contributed by atoms with E-state index in [1.165, 1.54) is 0 Å². The topological polar surface area (TPSA) is 47.1 Å². The second-order valence-electron chi connectivity index (χ2n) is 3.97. The predicted molar refractivity (Wildman–Crippen MR) is 64.8 cm³/mol. The average molecular weight is 216 g/mol. The molecule has 2 heterocycles. The zero-order chi connectivity index (χ0) is 13.1. The molecule has 0 unspecified atom stereocenters. The molecule has 0 saturated carbocycles. The average Bonchev–Trinajstić information content (AvgIpc) is 2.69. The van der Waals surface area contributed by atoms with Crippen molar-refractivity contribution >= 4 is 11.4 Å². The minimum atomic E-state index is -1.62. The van der Waals surface area contributed by atoms with Gasteiger partial charge >= 0.3 is 0 Å². The molecule has 0 aliphatic carbocycles. The molecule has 1 aromatic carbocycles. The summed E-state index contributed by atoms with van der Waals surface area (Å²) < 4.78 is 18.1. The van der Waals surface area contributed by atoms with Gasteiger partial charge in [-0.3, -0.25) is 0 Å². The Morgan fingerprint density at radius 1 is 1.50 bits per heavy atom. The predicted octanol–water partition coefficient (Wildman–Crippen LogP) is 1.71. The number of para-hydroxylation sites is 1. The lowest BCUT2D eigenvalue weighted by molar-refractivity contribution is 0.737. The quantitative estimate of drug-likeness (QED) is 0.682. The molecule has 0 fully saturated rings. The number of fused-ring (bicyclic) bond motifs is 3. The molecule has 82 valence electrons. The molecule has 2 aromatic rings. The molecule has 0 saturated heterocycles. The summed E-state index contributed by atoms with van der Waals surface area (Å²) in [6.45, 7) is 0.233. The van der Waals surface area contributed by atoms with Crippen LogP contribution in [0, 0.1) is 6.92 Å². The number of aromatic nitrogens is 2. The maximum atomic E-state index is 8.23. The Kier molecular flexibility index (Phi) is 1.38. The molecule has 0 amide bonds. The van der Waals surface area contributed by atoms with Gasteiger partial charge in [-0.05, 0) is 25.1 Å². The third-order valence-corrected chi connectivity index (χ3v) is 2.72. The number of nitrogens with two attached hydrogens (primary N) is 1. The van der Waals surface area contributed by atoms with Crippen LogP contribution in [-0.2, 0) is 6.50 Å². The Hall–Kier alpha value is -1.97. The molecule has 0 radical (unpaired) electrons. The molecule has 3 rings (SSSR count). The molecule has 1 aliphatic rings. The van der Waals surface area contributed by atoms with Gasteiger partial charge in [-0.25, -0.2) is 4.68 Å². The Balaban J connectivity index is 2.40. The standard InChI is InChI=1S/C12H14N4/c1-8-6-9-7-15(2)12-10(13)4-3-5-11(12)16(9)14-8/h3-6H,7,13H2,1-2H3/i7D2. The summed E-state index contributed by atoms with van der Waals surface area (Å²) in [4.78, 5) is 1.56. The molecule has 0 atom stereocenters. The van der Waals surface area contributed by atoms with Crippen LogP contribution in [0.2, 0.25) is 0 Å². The number of hydrogen-bond acceptors (Lipinski definition) is 3. The highest BCUT2D eigenvalue weighted by atomic mass is 15.3. The molecule has 1 aromatic heterocycles. The van der Waals surface area contributed by atoms with Gasteiger partial charge in [0.25, 0.3) is 0 Å². The summed E-state index contributed by atoms with van der Waals surface area (Å²) in [5.74, 6) is 0. The van der Waals surface area contributed by atoms with Crippen LogP contribution in [0.4, 0.5) is 11.4 Å². The summed E-state index contributed by atoms with van der Waals surface area (Å²) in [7, 11) is 1.71. The molecule has 0 spiro atoms. The highest BCUT2D eigenvalue weighted by Crippen LogP contribution is 2.35. The van der Waals surface area contributed by atoms with Gasteiger partial charge in [-0.1, -0.05) is 6.07 Å². The largest absolute Gasteiger partial charge is 0.397 e. The highest BCUT2D eigenvalue weighted by molar-refractivity contribution is 5.78. The van der Waals surface area contributed by atoms with Gasteiger partial charge in [0.15, 0.2) is 0 Å². The minimum Gasteiger partial charge on any atom is -0.397 e. The number of nitrogen functional groups attached to an aromatic ring is 1. The Morgan fingerprint density at radius 2 is 2.31 bits per heavy atom. The molecule has 0 bridgehead atoms. The van der Waals surface area contributed by atoms with Crippen molar-refractivity contribution in [3.05, 3.63) is 35.7 Å². The van der Waals surface area contributed by atoms with Crippen LogP contribution >= 0.6 is 0 Å². The maximum absolute atomic E-state index is 8.23. The number of rotatable bonds is 0. The second kappa shape index (κ2) is 3.01. The lowest BCUT2D eigenvalue weighted by Crippen LogP contribution is -2.26. The van der Waals surface area contributed by atoms with Crippen molar-refractivity contribution < 1.29 is 2.74 Å². The first-order valence-electron chi connectivity index (χ1n) is 6.13. The van der Waals surface area contributed by atoms with Crippen molar-refractivity contribution in [1.82, 2.24) is 9.78 Å². The smallest absolute Gasteiger partial charge is 0.0904 e. The van der Waals surface area contributed by atoms with Gasteiger partial charge in [-0.2, -0.15) is 5.10 Å². The van der Waals surface area contributed by atoms with Crippen LogP contribution in [0.25, 0.3) is 5.69 Å². The second-order valence-corrected chi connectivity index (χ2v) is 3.97. The Bertz CT molecular complexity index is 633. The summed E-state index contributed by atoms with van der Waals surface area (Å²) >= 11 is 0. The van der Waals surface area contributed by atoms with Crippen LogP contribution in [0.1, 0.15) is 14.1 Å². The van der Waals surface area contributed by atoms with E-state index in [9.17, 15) is 0 Å². The molecule has 16 heavy (non-hydrogen) atoms. The van der Waals surface area contributed by atoms with Gasteiger partial charge in [0.05, 0.1) is 37.7 Å². The first kappa shape index (κ1) is 7.33. The maximum Gasteiger partial charge on any atom is 0.0904 e. The number of anilines is 2.